The maximum absolute atomic E-state index is 12.8. The Morgan fingerprint density at radius 3 is 1.91 bits per heavy atom. The minimum Gasteiger partial charge on any atom is -0.480 e. The Hall–Kier alpha value is -3.35. The van der Waals surface area contributed by atoms with Crippen molar-refractivity contribution in [3.63, 3.8) is 0 Å². The Morgan fingerprint density at radius 1 is 0.853 bits per heavy atom. The van der Waals surface area contributed by atoms with E-state index in [-0.39, 0.29) is 12.5 Å². The second kappa shape index (κ2) is 12.2. The number of carboxylic acids is 1. The number of nitrogens with one attached hydrogen (secondary N) is 2. The summed E-state index contributed by atoms with van der Waals surface area (Å²) >= 11 is 0. The van der Waals surface area contributed by atoms with Gasteiger partial charge in [0, 0.05) is 5.92 Å². The first kappa shape index (κ1) is 25.3. The number of carbonyl (C=O) groups excluding carboxylic acids is 2. The second-order valence-electron chi connectivity index (χ2n) is 8.71. The highest BCUT2D eigenvalue weighted by atomic mass is 16.5. The molecule has 2 unspecified atom stereocenters. The zero-order chi connectivity index (χ0) is 24.5. The highest BCUT2D eigenvalue weighted by molar-refractivity contribution is 5.89. The molecule has 2 atom stereocenters. The molecule has 7 heteroatoms. The molecular formula is C27H34N2O5. The van der Waals surface area contributed by atoms with Crippen molar-refractivity contribution in [3.8, 4) is 11.1 Å². The Bertz CT molecular complexity index is 961. The normalized spacial score (nSPS) is 13.9. The molecule has 1 aliphatic rings. The Morgan fingerprint density at radius 2 is 1.38 bits per heavy atom. The molecule has 0 aromatic heterocycles. The van der Waals surface area contributed by atoms with Crippen molar-refractivity contribution >= 4 is 18.0 Å². The van der Waals surface area contributed by atoms with Gasteiger partial charge in [-0.2, -0.15) is 0 Å². The third kappa shape index (κ3) is 6.16. The third-order valence-corrected chi connectivity index (χ3v) is 6.26. The fourth-order valence-electron chi connectivity index (χ4n) is 4.40. The zero-order valence-electron chi connectivity index (χ0n) is 19.9. The Labute approximate surface area is 200 Å². The molecule has 182 valence electrons. The van der Waals surface area contributed by atoms with Gasteiger partial charge in [-0.25, -0.2) is 9.59 Å². The molecule has 0 aliphatic heterocycles. The molecule has 2 aromatic rings. The van der Waals surface area contributed by atoms with Gasteiger partial charge in [0.05, 0.1) is 0 Å². The van der Waals surface area contributed by atoms with Crippen molar-refractivity contribution in [2.24, 2.45) is 0 Å². The predicted octanol–water partition coefficient (Wildman–Crippen LogP) is 4.84. The lowest BCUT2D eigenvalue weighted by atomic mass is 9.98. The molecule has 1 aliphatic carbocycles. The number of alkyl carbamates (subject to hydrolysis) is 1. The molecule has 7 nitrogen and oxygen atoms in total. The fourth-order valence-corrected chi connectivity index (χ4v) is 4.40. The van der Waals surface area contributed by atoms with Gasteiger partial charge in [-0.05, 0) is 35.1 Å². The summed E-state index contributed by atoms with van der Waals surface area (Å²) in [5.74, 6) is -1.64. The van der Waals surface area contributed by atoms with E-state index in [0.717, 1.165) is 35.1 Å². The van der Waals surface area contributed by atoms with Crippen LogP contribution in [0, 0.1) is 0 Å². The molecule has 0 saturated heterocycles. The van der Waals surface area contributed by atoms with Gasteiger partial charge >= 0.3 is 12.1 Å². The summed E-state index contributed by atoms with van der Waals surface area (Å²) in [6.45, 7) is 4.10. The molecule has 0 spiro atoms. The SMILES string of the molecule is CCCCC(NC(=O)C(CCCC)NC(=O)OCC1c2ccccc2-c2ccccc21)C(=O)O. The van der Waals surface area contributed by atoms with Gasteiger partial charge in [0.25, 0.3) is 0 Å². The maximum Gasteiger partial charge on any atom is 0.407 e. The standard InChI is InChI=1S/C27H34N2O5/c1-3-5-15-23(25(30)28-24(26(31)32)16-6-4-2)29-27(33)34-17-22-20-13-9-7-11-18(20)19-12-8-10-14-21(19)22/h7-14,22-24H,3-6,15-17H2,1-2H3,(H,28,30)(H,29,33)(H,31,32). The number of rotatable bonds is 12. The van der Waals surface area contributed by atoms with Crippen molar-refractivity contribution < 1.29 is 24.2 Å². The monoisotopic (exact) mass is 466 g/mol. The maximum atomic E-state index is 12.8. The van der Waals surface area contributed by atoms with Crippen molar-refractivity contribution in [1.29, 1.82) is 0 Å². The van der Waals surface area contributed by atoms with E-state index in [1.54, 1.807) is 0 Å². The highest BCUT2D eigenvalue weighted by Crippen LogP contribution is 2.44. The molecule has 0 saturated carbocycles. The molecular weight excluding hydrogens is 432 g/mol. The van der Waals surface area contributed by atoms with Crippen LogP contribution in [0.4, 0.5) is 4.79 Å². The van der Waals surface area contributed by atoms with Gasteiger partial charge < -0.3 is 20.5 Å². The fraction of sp³-hybridized carbons (Fsp3) is 0.444. The number of carboxylic acid groups (broad SMARTS) is 1. The van der Waals surface area contributed by atoms with Gasteiger partial charge in [-0.1, -0.05) is 88.1 Å². The first-order chi connectivity index (χ1) is 16.5. The summed E-state index contributed by atoms with van der Waals surface area (Å²) in [6, 6.07) is 14.3. The van der Waals surface area contributed by atoms with E-state index in [2.05, 4.69) is 22.8 Å². The number of ether oxygens (including phenoxy) is 1. The van der Waals surface area contributed by atoms with Crippen molar-refractivity contribution in [1.82, 2.24) is 10.6 Å². The van der Waals surface area contributed by atoms with Gasteiger partial charge in [0.1, 0.15) is 18.7 Å². The minimum absolute atomic E-state index is 0.0773. The van der Waals surface area contributed by atoms with Crippen molar-refractivity contribution in [2.45, 2.75) is 70.4 Å². The number of carbonyl (C=O) groups is 3. The molecule has 3 N–H and O–H groups in total. The molecule has 34 heavy (non-hydrogen) atoms. The number of hydrogen-bond acceptors (Lipinski definition) is 4. The molecule has 0 bridgehead atoms. The van der Waals surface area contributed by atoms with Crippen LogP contribution >= 0.6 is 0 Å². The average Bonchev–Trinajstić information content (AvgIpc) is 3.16. The number of aliphatic carboxylic acids is 1. The first-order valence-electron chi connectivity index (χ1n) is 12.1. The average molecular weight is 467 g/mol. The number of unbranched alkanes of at least 4 members (excludes halogenated alkanes) is 2. The molecule has 0 fully saturated rings. The lowest BCUT2D eigenvalue weighted by Crippen LogP contribution is -2.51. The first-order valence-corrected chi connectivity index (χ1v) is 12.1. The van der Waals surface area contributed by atoms with Crippen LogP contribution in [0.25, 0.3) is 11.1 Å². The summed E-state index contributed by atoms with van der Waals surface area (Å²) in [7, 11) is 0. The number of amides is 2. The van der Waals surface area contributed by atoms with Crippen molar-refractivity contribution in [3.05, 3.63) is 59.7 Å². The highest BCUT2D eigenvalue weighted by Gasteiger charge is 2.30. The van der Waals surface area contributed by atoms with E-state index in [0.29, 0.717) is 25.7 Å². The van der Waals surface area contributed by atoms with Crippen LogP contribution in [0.3, 0.4) is 0 Å². The third-order valence-electron chi connectivity index (χ3n) is 6.26. The molecule has 2 aromatic carbocycles. The summed E-state index contributed by atoms with van der Waals surface area (Å²) in [6.07, 6.45) is 3.16. The number of fused-ring (bicyclic) bond motifs is 3. The topological polar surface area (TPSA) is 105 Å². The van der Waals surface area contributed by atoms with E-state index >= 15 is 0 Å². The summed E-state index contributed by atoms with van der Waals surface area (Å²) in [5.41, 5.74) is 4.49. The van der Waals surface area contributed by atoms with E-state index in [1.165, 1.54) is 0 Å². The summed E-state index contributed by atoms with van der Waals surface area (Å²) in [5, 5.41) is 14.7. The van der Waals surface area contributed by atoms with Crippen LogP contribution in [-0.4, -0.2) is 41.8 Å². The van der Waals surface area contributed by atoms with E-state index < -0.39 is 30.1 Å². The van der Waals surface area contributed by atoms with Crippen LogP contribution in [0.2, 0.25) is 0 Å². The lowest BCUT2D eigenvalue weighted by Gasteiger charge is -2.22. The molecule has 3 rings (SSSR count). The summed E-state index contributed by atoms with van der Waals surface area (Å²) < 4.78 is 5.57. The van der Waals surface area contributed by atoms with Crippen LogP contribution in [0.5, 0.6) is 0 Å². The summed E-state index contributed by atoms with van der Waals surface area (Å²) in [4.78, 5) is 37.0. The van der Waals surface area contributed by atoms with Crippen LogP contribution in [-0.2, 0) is 14.3 Å². The van der Waals surface area contributed by atoms with E-state index in [9.17, 15) is 19.5 Å². The van der Waals surface area contributed by atoms with Gasteiger partial charge in [-0.3, -0.25) is 4.79 Å². The van der Waals surface area contributed by atoms with Crippen LogP contribution in [0.1, 0.15) is 69.4 Å². The quantitative estimate of drug-likeness (QED) is 0.415. The number of benzene rings is 2. The Balaban J connectivity index is 1.64. The van der Waals surface area contributed by atoms with Crippen LogP contribution < -0.4 is 10.6 Å². The largest absolute Gasteiger partial charge is 0.480 e. The van der Waals surface area contributed by atoms with Gasteiger partial charge in [0.2, 0.25) is 5.91 Å². The van der Waals surface area contributed by atoms with Gasteiger partial charge in [-0.15, -0.1) is 0 Å². The zero-order valence-corrected chi connectivity index (χ0v) is 19.9. The smallest absolute Gasteiger partial charge is 0.407 e. The minimum atomic E-state index is -1.07. The molecule has 2 amide bonds. The van der Waals surface area contributed by atoms with Crippen molar-refractivity contribution in [2.75, 3.05) is 6.61 Å². The van der Waals surface area contributed by atoms with Gasteiger partial charge in [0.15, 0.2) is 0 Å². The van der Waals surface area contributed by atoms with Crippen LogP contribution in [0.15, 0.2) is 48.5 Å². The van der Waals surface area contributed by atoms with E-state index in [4.69, 9.17) is 4.74 Å². The van der Waals surface area contributed by atoms with E-state index in [1.807, 2.05) is 50.2 Å². The second-order valence-corrected chi connectivity index (χ2v) is 8.71. The lowest BCUT2D eigenvalue weighted by molar-refractivity contribution is -0.142. The molecule has 0 radical (unpaired) electrons. The Kier molecular flexibility index (Phi) is 9.08. The molecule has 0 heterocycles. The number of hydrogen-bond donors (Lipinski definition) is 3. The predicted molar refractivity (Wildman–Crippen MR) is 131 cm³/mol.